The predicted octanol–water partition coefficient (Wildman–Crippen LogP) is 3.77. The molecular formula is C16H20N2. The largest absolute Gasteiger partial charge is 0.261 e. The molecule has 0 N–H and O–H groups in total. The van der Waals surface area contributed by atoms with Gasteiger partial charge in [0.05, 0.1) is 0 Å². The lowest BCUT2D eigenvalue weighted by Gasteiger charge is -2.19. The highest BCUT2D eigenvalue weighted by Gasteiger charge is 2.17. The van der Waals surface area contributed by atoms with E-state index < -0.39 is 0 Å². The van der Waals surface area contributed by atoms with Crippen molar-refractivity contribution in [3.63, 3.8) is 0 Å². The number of aryl methyl sites for hydroxylation is 1. The number of hydrogen-bond acceptors (Lipinski definition) is 2. The molecule has 2 aromatic rings. The lowest BCUT2D eigenvalue weighted by Crippen LogP contribution is -2.12. The molecule has 2 nitrogen and oxygen atoms in total. The fraction of sp³-hybridized carbons (Fsp3) is 0.375. The fourth-order valence-corrected chi connectivity index (χ4v) is 2.15. The second kappa shape index (κ2) is 5.76. The Morgan fingerprint density at radius 2 is 1.78 bits per heavy atom. The molecule has 0 aliphatic rings. The predicted molar refractivity (Wildman–Crippen MR) is 74.5 cm³/mol. The summed E-state index contributed by atoms with van der Waals surface area (Å²) in [5.41, 5.74) is 3.64. The van der Waals surface area contributed by atoms with Crippen molar-refractivity contribution in [1.82, 2.24) is 9.97 Å². The van der Waals surface area contributed by atoms with Gasteiger partial charge >= 0.3 is 0 Å². The zero-order chi connectivity index (χ0) is 13.0. The third-order valence-corrected chi connectivity index (χ3v) is 3.64. The van der Waals surface area contributed by atoms with Gasteiger partial charge in [-0.05, 0) is 43.0 Å². The number of hydrogen-bond donors (Lipinski definition) is 0. The number of aromatic nitrogens is 2. The summed E-state index contributed by atoms with van der Waals surface area (Å²) >= 11 is 0. The molecule has 0 spiro atoms. The van der Waals surface area contributed by atoms with Crippen LogP contribution in [0, 0.1) is 12.8 Å². The van der Waals surface area contributed by atoms with Gasteiger partial charge < -0.3 is 0 Å². The maximum Gasteiger partial charge on any atom is 0.0435 e. The van der Waals surface area contributed by atoms with E-state index in [-0.39, 0.29) is 0 Å². The van der Waals surface area contributed by atoms with Gasteiger partial charge in [-0.25, -0.2) is 0 Å². The first kappa shape index (κ1) is 12.7. The molecule has 18 heavy (non-hydrogen) atoms. The minimum absolute atomic E-state index is 0.451. The van der Waals surface area contributed by atoms with Gasteiger partial charge in [0, 0.05) is 29.7 Å². The van der Waals surface area contributed by atoms with Gasteiger partial charge in [0.15, 0.2) is 0 Å². The van der Waals surface area contributed by atoms with Crippen LogP contribution >= 0.6 is 0 Å². The molecule has 0 saturated carbocycles. The number of rotatable bonds is 4. The van der Waals surface area contributed by atoms with E-state index >= 15 is 0 Å². The van der Waals surface area contributed by atoms with Crippen molar-refractivity contribution in [1.29, 1.82) is 0 Å². The van der Waals surface area contributed by atoms with E-state index in [0.717, 1.165) is 6.42 Å². The number of nitrogens with zero attached hydrogens (tertiary/aromatic N) is 2. The van der Waals surface area contributed by atoms with Crippen LogP contribution in [0.25, 0.3) is 0 Å². The Bertz CT molecular complexity index is 493. The molecule has 0 aromatic carbocycles. The average Bonchev–Trinajstić information content (AvgIpc) is 2.41. The molecule has 0 fully saturated rings. The second-order valence-electron chi connectivity index (χ2n) is 4.99. The monoisotopic (exact) mass is 240 g/mol. The Kier molecular flexibility index (Phi) is 4.08. The van der Waals surface area contributed by atoms with Gasteiger partial charge in [-0.1, -0.05) is 26.0 Å². The number of pyridine rings is 2. The first-order valence-electron chi connectivity index (χ1n) is 6.50. The van der Waals surface area contributed by atoms with Crippen LogP contribution in [0.2, 0.25) is 0 Å². The average molecular weight is 240 g/mol. The Morgan fingerprint density at radius 3 is 2.44 bits per heavy atom. The highest BCUT2D eigenvalue weighted by Crippen LogP contribution is 2.25. The normalized spacial score (nSPS) is 14.2. The van der Waals surface area contributed by atoms with E-state index in [4.69, 9.17) is 0 Å². The maximum absolute atomic E-state index is 4.47. The minimum Gasteiger partial charge on any atom is -0.261 e. The summed E-state index contributed by atoms with van der Waals surface area (Å²) in [7, 11) is 0. The van der Waals surface area contributed by atoms with Crippen LogP contribution in [0.3, 0.4) is 0 Å². The molecule has 2 atom stereocenters. The highest BCUT2D eigenvalue weighted by atomic mass is 14.7. The minimum atomic E-state index is 0.451. The standard InChI is InChI=1S/C16H20N2/c1-12-7-6-10-18-16(12)11-13(2)14(3)15-8-4-5-9-17-15/h4-10,13-14H,11H2,1-3H3. The van der Waals surface area contributed by atoms with E-state index in [1.165, 1.54) is 17.0 Å². The zero-order valence-electron chi connectivity index (χ0n) is 11.3. The highest BCUT2D eigenvalue weighted by molar-refractivity contribution is 5.19. The molecule has 0 amide bonds. The molecule has 0 aliphatic heterocycles. The van der Waals surface area contributed by atoms with Gasteiger partial charge in [0.1, 0.15) is 0 Å². The summed E-state index contributed by atoms with van der Waals surface area (Å²) in [6.07, 6.45) is 4.75. The molecule has 0 saturated heterocycles. The van der Waals surface area contributed by atoms with E-state index in [2.05, 4.69) is 48.9 Å². The van der Waals surface area contributed by atoms with Crippen molar-refractivity contribution in [2.45, 2.75) is 33.1 Å². The Hall–Kier alpha value is -1.70. The molecule has 2 unspecified atom stereocenters. The summed E-state index contributed by atoms with van der Waals surface area (Å²) < 4.78 is 0. The zero-order valence-corrected chi connectivity index (χ0v) is 11.3. The third-order valence-electron chi connectivity index (χ3n) is 3.64. The van der Waals surface area contributed by atoms with Crippen LogP contribution < -0.4 is 0 Å². The molecule has 2 heteroatoms. The smallest absolute Gasteiger partial charge is 0.0435 e. The van der Waals surface area contributed by atoms with Crippen LogP contribution in [-0.4, -0.2) is 9.97 Å². The fourth-order valence-electron chi connectivity index (χ4n) is 2.15. The second-order valence-corrected chi connectivity index (χ2v) is 4.99. The quantitative estimate of drug-likeness (QED) is 0.813. The van der Waals surface area contributed by atoms with Crippen molar-refractivity contribution in [2.24, 2.45) is 5.92 Å². The molecule has 2 aromatic heterocycles. The molecule has 0 radical (unpaired) electrons. The van der Waals surface area contributed by atoms with Crippen LogP contribution in [0.1, 0.15) is 36.7 Å². The first-order valence-corrected chi connectivity index (χ1v) is 6.50. The van der Waals surface area contributed by atoms with E-state index in [1.54, 1.807) is 0 Å². The summed E-state index contributed by atoms with van der Waals surface area (Å²) in [6, 6.07) is 10.2. The van der Waals surface area contributed by atoms with Crippen molar-refractivity contribution in [3.8, 4) is 0 Å². The molecule has 2 heterocycles. The lowest BCUT2D eigenvalue weighted by molar-refractivity contribution is 0.471. The molecule has 2 rings (SSSR count). The van der Waals surface area contributed by atoms with Crippen LogP contribution in [0.4, 0.5) is 0 Å². The van der Waals surface area contributed by atoms with E-state index in [0.29, 0.717) is 11.8 Å². The van der Waals surface area contributed by atoms with Crippen molar-refractivity contribution >= 4 is 0 Å². The Morgan fingerprint density at radius 1 is 1.00 bits per heavy atom. The Balaban J connectivity index is 2.09. The molecule has 0 bridgehead atoms. The van der Waals surface area contributed by atoms with Crippen LogP contribution in [-0.2, 0) is 6.42 Å². The van der Waals surface area contributed by atoms with Crippen molar-refractivity contribution < 1.29 is 0 Å². The van der Waals surface area contributed by atoms with Gasteiger partial charge in [-0.15, -0.1) is 0 Å². The molecule has 0 aliphatic carbocycles. The van der Waals surface area contributed by atoms with E-state index in [9.17, 15) is 0 Å². The van der Waals surface area contributed by atoms with Gasteiger partial charge in [-0.2, -0.15) is 0 Å². The van der Waals surface area contributed by atoms with Gasteiger partial charge in [0.2, 0.25) is 0 Å². The van der Waals surface area contributed by atoms with Gasteiger partial charge in [-0.3, -0.25) is 9.97 Å². The topological polar surface area (TPSA) is 25.8 Å². The van der Waals surface area contributed by atoms with Crippen LogP contribution in [0.5, 0.6) is 0 Å². The van der Waals surface area contributed by atoms with Crippen molar-refractivity contribution in [3.05, 3.63) is 59.7 Å². The Labute approximate surface area is 109 Å². The maximum atomic E-state index is 4.47. The molecular weight excluding hydrogens is 220 g/mol. The van der Waals surface area contributed by atoms with Crippen molar-refractivity contribution in [2.75, 3.05) is 0 Å². The third kappa shape index (κ3) is 2.95. The van der Waals surface area contributed by atoms with Crippen LogP contribution in [0.15, 0.2) is 42.7 Å². The SMILES string of the molecule is Cc1cccnc1CC(C)C(C)c1ccccn1. The summed E-state index contributed by atoms with van der Waals surface area (Å²) in [6.45, 7) is 6.64. The lowest BCUT2D eigenvalue weighted by atomic mass is 9.88. The summed E-state index contributed by atoms with van der Waals surface area (Å²) in [4.78, 5) is 8.92. The summed E-state index contributed by atoms with van der Waals surface area (Å²) in [5, 5.41) is 0. The van der Waals surface area contributed by atoms with E-state index in [1.807, 2.05) is 24.5 Å². The molecule has 94 valence electrons. The first-order chi connectivity index (χ1) is 8.68. The van der Waals surface area contributed by atoms with Gasteiger partial charge in [0.25, 0.3) is 0 Å². The summed E-state index contributed by atoms with van der Waals surface area (Å²) in [5.74, 6) is 0.987.